The molecule has 0 saturated heterocycles. The highest BCUT2D eigenvalue weighted by Gasteiger charge is 2.31. The van der Waals surface area contributed by atoms with Crippen LogP contribution in [-0.4, -0.2) is 24.9 Å². The summed E-state index contributed by atoms with van der Waals surface area (Å²) in [4.78, 5) is 0. The van der Waals surface area contributed by atoms with Gasteiger partial charge in [0.2, 0.25) is 0 Å². The lowest BCUT2D eigenvalue weighted by molar-refractivity contribution is -0.0800. The summed E-state index contributed by atoms with van der Waals surface area (Å²) in [5.74, 6) is 0.599. The van der Waals surface area contributed by atoms with E-state index in [0.717, 1.165) is 0 Å². The van der Waals surface area contributed by atoms with Gasteiger partial charge in [-0.25, -0.2) is 0 Å². The second-order valence-corrected chi connectivity index (χ2v) is 4.53. The summed E-state index contributed by atoms with van der Waals surface area (Å²) in [5, 5.41) is 10.8. The van der Waals surface area contributed by atoms with Crippen molar-refractivity contribution < 1.29 is 14.6 Å². The summed E-state index contributed by atoms with van der Waals surface area (Å²) in [5.41, 5.74) is -0.0698. The molecule has 3 nitrogen and oxygen atoms in total. The fraction of sp³-hybridized carbons (Fsp3) is 0.500. The molecule has 0 amide bonds. The summed E-state index contributed by atoms with van der Waals surface area (Å²) in [6.45, 7) is 3.61. The molecule has 4 heteroatoms. The molecule has 0 aliphatic carbocycles. The minimum atomic E-state index is -0.800. The highest BCUT2D eigenvalue weighted by atomic mass is 35.5. The predicted molar refractivity (Wildman–Crippen MR) is 64.1 cm³/mol. The van der Waals surface area contributed by atoms with E-state index < -0.39 is 11.7 Å². The largest absolute Gasteiger partial charge is 0.496 e. The van der Waals surface area contributed by atoms with Crippen molar-refractivity contribution in [1.29, 1.82) is 0 Å². The first kappa shape index (κ1) is 13.3. The second-order valence-electron chi connectivity index (χ2n) is 4.10. The molecule has 1 rings (SSSR count). The summed E-state index contributed by atoms with van der Waals surface area (Å²) < 4.78 is 10.4. The van der Waals surface area contributed by atoms with Crippen LogP contribution in [-0.2, 0) is 4.74 Å². The minimum Gasteiger partial charge on any atom is -0.496 e. The van der Waals surface area contributed by atoms with Crippen LogP contribution in [0.15, 0.2) is 18.2 Å². The van der Waals surface area contributed by atoms with E-state index in [0.29, 0.717) is 16.3 Å². The Labute approximate surface area is 101 Å². The van der Waals surface area contributed by atoms with Crippen molar-refractivity contribution >= 4 is 11.6 Å². The van der Waals surface area contributed by atoms with Gasteiger partial charge in [-0.15, -0.1) is 0 Å². The predicted octanol–water partition coefficient (Wildman–Crippen LogP) is 2.81. The molecular weight excluding hydrogens is 228 g/mol. The molecule has 0 heterocycles. The molecule has 90 valence electrons. The number of methoxy groups -OCH3 is 2. The first-order chi connectivity index (χ1) is 7.42. The molecule has 0 aliphatic heterocycles. The Bertz CT molecular complexity index is 363. The number of halogens is 1. The van der Waals surface area contributed by atoms with Gasteiger partial charge in [0.05, 0.1) is 12.7 Å². The number of rotatable bonds is 4. The summed E-state index contributed by atoms with van der Waals surface area (Å²) in [7, 11) is 3.11. The standard InChI is InChI=1S/C12H17ClO3/c1-12(2,16-4)11(14)9-7-8(13)5-6-10(9)15-3/h5-7,11,14H,1-4H3. The SMILES string of the molecule is COc1ccc(Cl)cc1C(O)C(C)(C)OC. The van der Waals surface area contributed by atoms with Crippen LogP contribution in [0.3, 0.4) is 0 Å². The summed E-state index contributed by atoms with van der Waals surface area (Å²) in [6, 6.07) is 5.13. The van der Waals surface area contributed by atoms with Crippen LogP contribution >= 0.6 is 11.6 Å². The number of aliphatic hydroxyl groups excluding tert-OH is 1. The van der Waals surface area contributed by atoms with Crippen molar-refractivity contribution in [2.75, 3.05) is 14.2 Å². The number of benzene rings is 1. The van der Waals surface area contributed by atoms with Crippen molar-refractivity contribution in [2.45, 2.75) is 25.6 Å². The average Bonchev–Trinajstić information content (AvgIpc) is 2.28. The Kier molecular flexibility index (Phi) is 4.19. The smallest absolute Gasteiger partial charge is 0.124 e. The fourth-order valence-electron chi connectivity index (χ4n) is 1.41. The third-order valence-electron chi connectivity index (χ3n) is 2.67. The van der Waals surface area contributed by atoms with Crippen molar-refractivity contribution in [3.63, 3.8) is 0 Å². The monoisotopic (exact) mass is 244 g/mol. The minimum absolute atomic E-state index is 0.557. The molecule has 0 aromatic heterocycles. The Balaban J connectivity index is 3.16. The average molecular weight is 245 g/mol. The number of hydrogen-bond donors (Lipinski definition) is 1. The van der Waals surface area contributed by atoms with E-state index >= 15 is 0 Å². The van der Waals surface area contributed by atoms with Crippen molar-refractivity contribution in [2.24, 2.45) is 0 Å². The van der Waals surface area contributed by atoms with Gasteiger partial charge in [-0.2, -0.15) is 0 Å². The zero-order chi connectivity index (χ0) is 12.3. The van der Waals surface area contributed by atoms with Crippen LogP contribution in [0.1, 0.15) is 25.5 Å². The molecule has 16 heavy (non-hydrogen) atoms. The van der Waals surface area contributed by atoms with E-state index in [1.165, 1.54) is 0 Å². The van der Waals surface area contributed by atoms with Crippen LogP contribution in [0.5, 0.6) is 5.75 Å². The Morgan fingerprint density at radius 1 is 1.31 bits per heavy atom. The normalized spacial score (nSPS) is 13.6. The van der Waals surface area contributed by atoms with Gasteiger partial charge >= 0.3 is 0 Å². The van der Waals surface area contributed by atoms with Gasteiger partial charge in [-0.1, -0.05) is 11.6 Å². The first-order valence-corrected chi connectivity index (χ1v) is 5.37. The molecular formula is C12H17ClO3. The highest BCUT2D eigenvalue weighted by molar-refractivity contribution is 6.30. The van der Waals surface area contributed by atoms with E-state index in [9.17, 15) is 5.11 Å². The lowest BCUT2D eigenvalue weighted by atomic mass is 9.94. The molecule has 0 aliphatic rings. The topological polar surface area (TPSA) is 38.7 Å². The lowest BCUT2D eigenvalue weighted by Crippen LogP contribution is -2.31. The Morgan fingerprint density at radius 3 is 2.44 bits per heavy atom. The van der Waals surface area contributed by atoms with Crippen molar-refractivity contribution in [3.8, 4) is 5.75 Å². The maximum Gasteiger partial charge on any atom is 0.124 e. The maximum atomic E-state index is 10.2. The van der Waals surface area contributed by atoms with Crippen LogP contribution < -0.4 is 4.74 Å². The number of aliphatic hydroxyl groups is 1. The van der Waals surface area contributed by atoms with Crippen molar-refractivity contribution in [3.05, 3.63) is 28.8 Å². The van der Waals surface area contributed by atoms with Crippen LogP contribution in [0.4, 0.5) is 0 Å². The zero-order valence-corrected chi connectivity index (χ0v) is 10.7. The maximum absolute atomic E-state index is 10.2. The Morgan fingerprint density at radius 2 is 1.94 bits per heavy atom. The molecule has 0 fully saturated rings. The number of ether oxygens (including phenoxy) is 2. The van der Waals surface area contributed by atoms with Crippen LogP contribution in [0.25, 0.3) is 0 Å². The summed E-state index contributed by atoms with van der Waals surface area (Å²) in [6.07, 6.45) is -0.800. The summed E-state index contributed by atoms with van der Waals surface area (Å²) >= 11 is 5.90. The fourth-order valence-corrected chi connectivity index (χ4v) is 1.59. The van der Waals surface area contributed by atoms with Crippen LogP contribution in [0, 0.1) is 0 Å². The molecule has 0 spiro atoms. The van der Waals surface area contributed by atoms with Crippen LogP contribution in [0.2, 0.25) is 5.02 Å². The molecule has 1 N–H and O–H groups in total. The Hall–Kier alpha value is -0.770. The van der Waals surface area contributed by atoms with Gasteiger partial charge < -0.3 is 14.6 Å². The molecule has 1 aromatic carbocycles. The molecule has 1 atom stereocenters. The molecule has 0 saturated carbocycles. The second kappa shape index (κ2) is 5.04. The third kappa shape index (κ3) is 2.67. The van der Waals surface area contributed by atoms with E-state index in [1.54, 1.807) is 46.3 Å². The first-order valence-electron chi connectivity index (χ1n) is 4.99. The van der Waals surface area contributed by atoms with Gasteiger partial charge in [0.1, 0.15) is 11.9 Å². The molecule has 1 aromatic rings. The quantitative estimate of drug-likeness (QED) is 0.885. The van der Waals surface area contributed by atoms with Gasteiger partial charge in [-0.05, 0) is 32.0 Å². The molecule has 0 radical (unpaired) electrons. The number of hydrogen-bond acceptors (Lipinski definition) is 3. The van der Waals surface area contributed by atoms with E-state index in [4.69, 9.17) is 21.1 Å². The third-order valence-corrected chi connectivity index (χ3v) is 2.91. The van der Waals surface area contributed by atoms with E-state index in [1.807, 2.05) is 0 Å². The zero-order valence-electron chi connectivity index (χ0n) is 9.95. The van der Waals surface area contributed by atoms with Gasteiger partial charge in [0.15, 0.2) is 0 Å². The van der Waals surface area contributed by atoms with Crippen molar-refractivity contribution in [1.82, 2.24) is 0 Å². The van der Waals surface area contributed by atoms with Gasteiger partial charge in [-0.3, -0.25) is 0 Å². The molecule has 0 bridgehead atoms. The molecule has 1 unspecified atom stereocenters. The lowest BCUT2D eigenvalue weighted by Gasteiger charge is -2.30. The van der Waals surface area contributed by atoms with Gasteiger partial charge in [0, 0.05) is 17.7 Å². The van der Waals surface area contributed by atoms with E-state index in [-0.39, 0.29) is 0 Å². The van der Waals surface area contributed by atoms with Gasteiger partial charge in [0.25, 0.3) is 0 Å². The van der Waals surface area contributed by atoms with E-state index in [2.05, 4.69) is 0 Å². The highest BCUT2D eigenvalue weighted by Crippen LogP contribution is 2.35.